The number of rotatable bonds is 9. The number of carbonyl (C=O) groups excluding carboxylic acids is 1. The number of hydrogen-bond donors (Lipinski definition) is 2. The van der Waals surface area contributed by atoms with Crippen LogP contribution < -0.4 is 29.6 Å². The fourth-order valence-electron chi connectivity index (χ4n) is 4.34. The SMILES string of the molecule is COc1ccccc1NC(=O)c1c(NCc2ccc(OC)c(OC)c2OC)sc2c1CCCC2. The molecule has 0 atom stereocenters. The first-order valence-electron chi connectivity index (χ1n) is 11.2. The van der Waals surface area contributed by atoms with Crippen molar-refractivity contribution in [2.24, 2.45) is 0 Å². The molecule has 8 heteroatoms. The quantitative estimate of drug-likeness (QED) is 0.418. The van der Waals surface area contributed by atoms with Crippen LogP contribution in [0.25, 0.3) is 0 Å². The van der Waals surface area contributed by atoms with Gasteiger partial charge >= 0.3 is 0 Å². The van der Waals surface area contributed by atoms with Gasteiger partial charge in [0, 0.05) is 17.0 Å². The third-order valence-corrected chi connectivity index (χ3v) is 7.23. The summed E-state index contributed by atoms with van der Waals surface area (Å²) >= 11 is 1.66. The van der Waals surface area contributed by atoms with Crippen LogP contribution in [0.4, 0.5) is 10.7 Å². The van der Waals surface area contributed by atoms with Crippen LogP contribution in [0, 0.1) is 0 Å². The minimum Gasteiger partial charge on any atom is -0.495 e. The van der Waals surface area contributed by atoms with Gasteiger partial charge in [0.1, 0.15) is 10.8 Å². The van der Waals surface area contributed by atoms with Crippen molar-refractivity contribution in [1.82, 2.24) is 0 Å². The van der Waals surface area contributed by atoms with Crippen molar-refractivity contribution in [3.63, 3.8) is 0 Å². The van der Waals surface area contributed by atoms with Crippen molar-refractivity contribution in [3.8, 4) is 23.0 Å². The van der Waals surface area contributed by atoms with Crippen molar-refractivity contribution in [3.05, 3.63) is 58.0 Å². The number of thiophene rings is 1. The van der Waals surface area contributed by atoms with Gasteiger partial charge in [0.25, 0.3) is 5.91 Å². The molecule has 4 rings (SSSR count). The van der Waals surface area contributed by atoms with Crippen LogP contribution in [0.5, 0.6) is 23.0 Å². The minimum atomic E-state index is -0.134. The first-order chi connectivity index (χ1) is 16.6. The van der Waals surface area contributed by atoms with Crippen LogP contribution in [0.1, 0.15) is 39.2 Å². The number of nitrogens with one attached hydrogen (secondary N) is 2. The normalized spacial score (nSPS) is 12.5. The minimum absolute atomic E-state index is 0.134. The highest BCUT2D eigenvalue weighted by Gasteiger charge is 2.26. The predicted molar refractivity (Wildman–Crippen MR) is 135 cm³/mol. The van der Waals surface area contributed by atoms with Gasteiger partial charge in [-0.15, -0.1) is 11.3 Å². The molecule has 180 valence electrons. The second-order valence-corrected chi connectivity index (χ2v) is 9.02. The molecule has 0 unspecified atom stereocenters. The summed E-state index contributed by atoms with van der Waals surface area (Å²) in [7, 11) is 6.39. The van der Waals surface area contributed by atoms with E-state index in [4.69, 9.17) is 18.9 Å². The van der Waals surface area contributed by atoms with Gasteiger partial charge in [-0.25, -0.2) is 0 Å². The van der Waals surface area contributed by atoms with Crippen molar-refractivity contribution in [2.75, 3.05) is 39.1 Å². The van der Waals surface area contributed by atoms with Crippen molar-refractivity contribution >= 4 is 27.9 Å². The second-order valence-electron chi connectivity index (χ2n) is 7.92. The van der Waals surface area contributed by atoms with Crippen LogP contribution in [0.15, 0.2) is 36.4 Å². The highest BCUT2D eigenvalue weighted by molar-refractivity contribution is 7.16. The standard InChI is InChI=1S/C26H30N2O5S/c1-30-19-11-7-6-10-18(19)28-25(29)22-17-9-5-8-12-21(17)34-26(22)27-15-16-13-14-20(31-2)24(33-4)23(16)32-3/h6-7,10-11,13-14,27H,5,8-9,12,15H2,1-4H3,(H,28,29). The number of aryl methyl sites for hydroxylation is 1. The molecule has 0 saturated heterocycles. The molecule has 1 heterocycles. The zero-order valence-electron chi connectivity index (χ0n) is 19.9. The first-order valence-corrected chi connectivity index (χ1v) is 12.0. The molecule has 0 saturated carbocycles. The molecule has 7 nitrogen and oxygen atoms in total. The number of anilines is 2. The maximum atomic E-state index is 13.5. The summed E-state index contributed by atoms with van der Waals surface area (Å²) in [5, 5.41) is 7.40. The summed E-state index contributed by atoms with van der Waals surface area (Å²) in [6.07, 6.45) is 4.13. The van der Waals surface area contributed by atoms with Crippen LogP contribution >= 0.6 is 11.3 Å². The molecule has 2 N–H and O–H groups in total. The van der Waals surface area contributed by atoms with Crippen LogP contribution in [0.2, 0.25) is 0 Å². The average molecular weight is 483 g/mol. The molecule has 0 spiro atoms. The monoisotopic (exact) mass is 482 g/mol. The van der Waals surface area contributed by atoms with Crippen LogP contribution in [-0.4, -0.2) is 34.3 Å². The van der Waals surface area contributed by atoms with Gasteiger partial charge in [-0.05, 0) is 55.5 Å². The molecule has 34 heavy (non-hydrogen) atoms. The largest absolute Gasteiger partial charge is 0.495 e. The lowest BCUT2D eigenvalue weighted by atomic mass is 9.95. The van der Waals surface area contributed by atoms with Gasteiger partial charge in [-0.3, -0.25) is 4.79 Å². The Bertz CT molecular complexity index is 1170. The number of benzene rings is 2. The van der Waals surface area contributed by atoms with E-state index >= 15 is 0 Å². The smallest absolute Gasteiger partial charge is 0.259 e. The lowest BCUT2D eigenvalue weighted by Gasteiger charge is -2.17. The van der Waals surface area contributed by atoms with Gasteiger partial charge in [0.2, 0.25) is 5.75 Å². The third kappa shape index (κ3) is 4.63. The average Bonchev–Trinajstić information content (AvgIpc) is 3.25. The molecule has 2 aromatic carbocycles. The van der Waals surface area contributed by atoms with E-state index in [2.05, 4.69) is 10.6 Å². The summed E-state index contributed by atoms with van der Waals surface area (Å²) in [5.41, 5.74) is 3.41. The van der Waals surface area contributed by atoms with E-state index in [1.807, 2.05) is 36.4 Å². The first kappa shape index (κ1) is 23.8. The predicted octanol–water partition coefficient (Wildman–Crippen LogP) is 5.53. The fourth-order valence-corrected chi connectivity index (χ4v) is 5.62. The molecular weight excluding hydrogens is 452 g/mol. The van der Waals surface area contributed by atoms with Crippen molar-refractivity contribution < 1.29 is 23.7 Å². The maximum Gasteiger partial charge on any atom is 0.259 e. The Morgan fingerprint density at radius 2 is 1.62 bits per heavy atom. The number of amides is 1. The molecule has 1 aromatic heterocycles. The molecule has 1 aliphatic carbocycles. The number of hydrogen-bond acceptors (Lipinski definition) is 7. The van der Waals surface area contributed by atoms with E-state index in [0.717, 1.165) is 41.8 Å². The highest BCUT2D eigenvalue weighted by atomic mass is 32.1. The van der Waals surface area contributed by atoms with E-state index in [0.29, 0.717) is 40.8 Å². The zero-order chi connectivity index (χ0) is 24.1. The molecule has 0 fully saturated rings. The maximum absolute atomic E-state index is 13.5. The topological polar surface area (TPSA) is 78.1 Å². The lowest BCUT2D eigenvalue weighted by Crippen LogP contribution is -2.17. The summed E-state index contributed by atoms with van der Waals surface area (Å²) < 4.78 is 21.9. The van der Waals surface area contributed by atoms with Gasteiger partial charge < -0.3 is 29.6 Å². The molecule has 0 aliphatic heterocycles. The van der Waals surface area contributed by atoms with E-state index in [1.54, 1.807) is 39.8 Å². The van der Waals surface area contributed by atoms with Gasteiger partial charge in [-0.1, -0.05) is 12.1 Å². The lowest BCUT2D eigenvalue weighted by molar-refractivity contribution is 0.102. The third-order valence-electron chi connectivity index (χ3n) is 5.98. The Morgan fingerprint density at radius 3 is 2.35 bits per heavy atom. The Labute approximate surface area is 204 Å². The Morgan fingerprint density at radius 1 is 0.882 bits per heavy atom. The molecule has 0 radical (unpaired) electrons. The number of fused-ring (bicyclic) bond motifs is 1. The molecule has 1 amide bonds. The van der Waals surface area contributed by atoms with Crippen molar-refractivity contribution in [1.29, 1.82) is 0 Å². The summed E-state index contributed by atoms with van der Waals surface area (Å²) in [6, 6.07) is 11.2. The molecule has 3 aromatic rings. The number of ether oxygens (including phenoxy) is 4. The molecular formula is C26H30N2O5S. The van der Waals surface area contributed by atoms with E-state index in [1.165, 1.54) is 4.88 Å². The Kier molecular flexibility index (Phi) is 7.47. The van der Waals surface area contributed by atoms with Gasteiger partial charge in [0.15, 0.2) is 11.5 Å². The zero-order valence-corrected chi connectivity index (χ0v) is 20.8. The van der Waals surface area contributed by atoms with E-state index in [9.17, 15) is 4.79 Å². The molecule has 1 aliphatic rings. The summed E-state index contributed by atoms with van der Waals surface area (Å²) in [6.45, 7) is 0.470. The number of methoxy groups -OCH3 is 4. The summed E-state index contributed by atoms with van der Waals surface area (Å²) in [5.74, 6) is 2.25. The molecule has 0 bridgehead atoms. The highest BCUT2D eigenvalue weighted by Crippen LogP contribution is 2.42. The second kappa shape index (κ2) is 10.7. The summed E-state index contributed by atoms with van der Waals surface area (Å²) in [4.78, 5) is 14.8. The Balaban J connectivity index is 1.65. The van der Waals surface area contributed by atoms with E-state index in [-0.39, 0.29) is 5.91 Å². The van der Waals surface area contributed by atoms with Gasteiger partial charge in [0.05, 0.1) is 39.7 Å². The van der Waals surface area contributed by atoms with Gasteiger partial charge in [-0.2, -0.15) is 0 Å². The van der Waals surface area contributed by atoms with E-state index < -0.39 is 0 Å². The van der Waals surface area contributed by atoms with Crippen LogP contribution in [-0.2, 0) is 19.4 Å². The van der Waals surface area contributed by atoms with Crippen molar-refractivity contribution in [2.45, 2.75) is 32.2 Å². The van der Waals surface area contributed by atoms with Crippen LogP contribution in [0.3, 0.4) is 0 Å². The number of carbonyl (C=O) groups is 1. The fraction of sp³-hybridized carbons (Fsp3) is 0.346. The number of para-hydroxylation sites is 2. The Hall–Kier alpha value is -3.39.